The lowest BCUT2D eigenvalue weighted by atomic mass is 10.00. The smallest absolute Gasteiger partial charge is 0.124 e. The van der Waals surface area contributed by atoms with Crippen LogP contribution in [0.25, 0.3) is 0 Å². The molecule has 1 aliphatic heterocycles. The molecule has 2 aromatic carbocycles. The van der Waals surface area contributed by atoms with Gasteiger partial charge in [-0.15, -0.1) is 6.58 Å². The van der Waals surface area contributed by atoms with Crippen molar-refractivity contribution in [3.8, 4) is 5.75 Å². The van der Waals surface area contributed by atoms with Crippen molar-refractivity contribution in [2.75, 3.05) is 26.2 Å². The third-order valence-corrected chi connectivity index (χ3v) is 4.50. The summed E-state index contributed by atoms with van der Waals surface area (Å²) in [7, 11) is 0. The number of ether oxygens (including phenoxy) is 1. The van der Waals surface area contributed by atoms with Crippen molar-refractivity contribution in [1.82, 2.24) is 10.2 Å². The lowest BCUT2D eigenvalue weighted by Gasteiger charge is -2.35. The van der Waals surface area contributed by atoms with Crippen molar-refractivity contribution in [1.29, 1.82) is 0 Å². The fourth-order valence-corrected chi connectivity index (χ4v) is 3.25. The first-order valence-electron chi connectivity index (χ1n) is 8.70. The lowest BCUT2D eigenvalue weighted by Crippen LogP contribution is -2.45. The van der Waals surface area contributed by atoms with Crippen LogP contribution in [0.2, 0.25) is 0 Å². The van der Waals surface area contributed by atoms with Gasteiger partial charge in [-0.3, -0.25) is 4.90 Å². The van der Waals surface area contributed by atoms with Crippen LogP contribution in [0, 0.1) is 0 Å². The molecule has 1 heterocycles. The third-order valence-electron chi connectivity index (χ3n) is 4.50. The van der Waals surface area contributed by atoms with E-state index in [2.05, 4.69) is 47.1 Å². The van der Waals surface area contributed by atoms with Crippen LogP contribution in [-0.2, 0) is 6.61 Å². The SMILES string of the molecule is C=CC[C@@H](c1ccccc1OCc1ccccc1)N1CCNCC1. The molecule has 0 amide bonds. The minimum absolute atomic E-state index is 0.330. The average Bonchev–Trinajstić information content (AvgIpc) is 2.66. The predicted octanol–water partition coefficient (Wildman–Crippen LogP) is 3.79. The Hall–Kier alpha value is -2.10. The Morgan fingerprint density at radius 2 is 1.75 bits per heavy atom. The minimum Gasteiger partial charge on any atom is -0.489 e. The van der Waals surface area contributed by atoms with E-state index in [0.29, 0.717) is 12.6 Å². The van der Waals surface area contributed by atoms with Crippen molar-refractivity contribution in [2.24, 2.45) is 0 Å². The van der Waals surface area contributed by atoms with Gasteiger partial charge in [-0.05, 0) is 18.1 Å². The van der Waals surface area contributed by atoms with Crippen molar-refractivity contribution in [3.63, 3.8) is 0 Å². The van der Waals surface area contributed by atoms with Crippen molar-refractivity contribution in [2.45, 2.75) is 19.1 Å². The fraction of sp³-hybridized carbons (Fsp3) is 0.333. The van der Waals surface area contributed by atoms with Gasteiger partial charge in [-0.25, -0.2) is 0 Å². The molecular formula is C21H26N2O. The van der Waals surface area contributed by atoms with Gasteiger partial charge >= 0.3 is 0 Å². The highest BCUT2D eigenvalue weighted by Crippen LogP contribution is 2.32. The molecule has 3 rings (SSSR count). The zero-order valence-electron chi connectivity index (χ0n) is 14.2. The summed E-state index contributed by atoms with van der Waals surface area (Å²) in [5, 5.41) is 3.43. The van der Waals surface area contributed by atoms with E-state index in [4.69, 9.17) is 4.74 Å². The number of nitrogens with one attached hydrogen (secondary N) is 1. The van der Waals surface area contributed by atoms with Crippen molar-refractivity contribution in [3.05, 3.63) is 78.4 Å². The molecule has 1 atom stereocenters. The molecule has 126 valence electrons. The molecule has 0 bridgehead atoms. The van der Waals surface area contributed by atoms with E-state index in [9.17, 15) is 0 Å². The van der Waals surface area contributed by atoms with Crippen LogP contribution in [0.15, 0.2) is 67.3 Å². The third kappa shape index (κ3) is 4.25. The Morgan fingerprint density at radius 1 is 1.04 bits per heavy atom. The van der Waals surface area contributed by atoms with Crippen LogP contribution >= 0.6 is 0 Å². The van der Waals surface area contributed by atoms with E-state index in [1.807, 2.05) is 30.3 Å². The van der Waals surface area contributed by atoms with Gasteiger partial charge in [-0.2, -0.15) is 0 Å². The molecule has 0 unspecified atom stereocenters. The van der Waals surface area contributed by atoms with Crippen LogP contribution in [0.5, 0.6) is 5.75 Å². The summed E-state index contributed by atoms with van der Waals surface area (Å²) in [6.07, 6.45) is 2.95. The number of hydrogen-bond acceptors (Lipinski definition) is 3. The number of piperazine rings is 1. The average molecular weight is 322 g/mol. The van der Waals surface area contributed by atoms with Gasteiger partial charge in [0.1, 0.15) is 12.4 Å². The topological polar surface area (TPSA) is 24.5 Å². The quantitative estimate of drug-likeness (QED) is 0.785. The Bertz CT molecular complexity index is 635. The summed E-state index contributed by atoms with van der Waals surface area (Å²) < 4.78 is 6.16. The molecule has 0 radical (unpaired) electrons. The van der Waals surface area contributed by atoms with Gasteiger partial charge in [0.25, 0.3) is 0 Å². The maximum atomic E-state index is 6.16. The summed E-state index contributed by atoms with van der Waals surface area (Å²) in [5.41, 5.74) is 2.45. The summed E-state index contributed by atoms with van der Waals surface area (Å²) >= 11 is 0. The zero-order valence-corrected chi connectivity index (χ0v) is 14.2. The van der Waals surface area contributed by atoms with Crippen molar-refractivity contribution >= 4 is 0 Å². The number of benzene rings is 2. The van der Waals surface area contributed by atoms with E-state index >= 15 is 0 Å². The molecule has 1 aliphatic rings. The van der Waals surface area contributed by atoms with Crippen LogP contribution in [0.1, 0.15) is 23.6 Å². The molecule has 2 aromatic rings. The molecular weight excluding hydrogens is 296 g/mol. The highest BCUT2D eigenvalue weighted by molar-refractivity contribution is 5.36. The maximum Gasteiger partial charge on any atom is 0.124 e. The van der Waals surface area contributed by atoms with E-state index in [-0.39, 0.29) is 0 Å². The first-order chi connectivity index (χ1) is 11.9. The summed E-state index contributed by atoms with van der Waals surface area (Å²) in [5.74, 6) is 0.978. The normalized spacial score (nSPS) is 16.5. The molecule has 3 nitrogen and oxygen atoms in total. The molecule has 0 saturated carbocycles. The van der Waals surface area contributed by atoms with Gasteiger partial charge in [0, 0.05) is 37.8 Å². The molecule has 1 fully saturated rings. The van der Waals surface area contributed by atoms with Crippen LogP contribution in [0.3, 0.4) is 0 Å². The van der Waals surface area contributed by atoms with Crippen LogP contribution in [-0.4, -0.2) is 31.1 Å². The molecule has 0 aromatic heterocycles. The Morgan fingerprint density at radius 3 is 2.50 bits per heavy atom. The number of rotatable bonds is 7. The first-order valence-corrected chi connectivity index (χ1v) is 8.70. The zero-order chi connectivity index (χ0) is 16.6. The molecule has 0 aliphatic carbocycles. The Balaban J connectivity index is 1.78. The standard InChI is InChI=1S/C21H26N2O/c1-2-8-20(23-15-13-22-14-16-23)19-11-6-7-12-21(19)24-17-18-9-4-3-5-10-18/h2-7,9-12,20,22H,1,8,13-17H2/t20-/m0/s1. The molecule has 1 saturated heterocycles. The van der Waals surface area contributed by atoms with Gasteiger partial charge in [0.2, 0.25) is 0 Å². The second-order valence-electron chi connectivity index (χ2n) is 6.14. The number of para-hydroxylation sites is 1. The molecule has 3 heteroatoms. The monoisotopic (exact) mass is 322 g/mol. The molecule has 0 spiro atoms. The Kier molecular flexibility index (Phi) is 6.05. The van der Waals surface area contributed by atoms with Gasteiger partial charge in [-0.1, -0.05) is 54.6 Å². The van der Waals surface area contributed by atoms with Gasteiger partial charge in [0.15, 0.2) is 0 Å². The highest BCUT2D eigenvalue weighted by atomic mass is 16.5. The first kappa shape index (κ1) is 16.7. The van der Waals surface area contributed by atoms with Gasteiger partial charge < -0.3 is 10.1 Å². The van der Waals surface area contributed by atoms with Gasteiger partial charge in [0.05, 0.1) is 0 Å². The Labute approximate surface area is 145 Å². The van der Waals surface area contributed by atoms with E-state index in [1.54, 1.807) is 0 Å². The summed E-state index contributed by atoms with van der Waals surface area (Å²) in [4.78, 5) is 2.53. The number of nitrogens with zero attached hydrogens (tertiary/aromatic N) is 1. The summed E-state index contributed by atoms with van der Waals surface area (Å²) in [6.45, 7) is 8.77. The second-order valence-corrected chi connectivity index (χ2v) is 6.14. The van der Waals surface area contributed by atoms with Crippen LogP contribution in [0.4, 0.5) is 0 Å². The minimum atomic E-state index is 0.330. The van der Waals surface area contributed by atoms with E-state index in [0.717, 1.165) is 38.3 Å². The highest BCUT2D eigenvalue weighted by Gasteiger charge is 2.23. The predicted molar refractivity (Wildman–Crippen MR) is 99.2 cm³/mol. The number of hydrogen-bond donors (Lipinski definition) is 1. The maximum absolute atomic E-state index is 6.16. The van der Waals surface area contributed by atoms with Crippen LogP contribution < -0.4 is 10.1 Å². The largest absolute Gasteiger partial charge is 0.489 e. The summed E-state index contributed by atoms with van der Waals surface area (Å²) in [6, 6.07) is 19.1. The van der Waals surface area contributed by atoms with E-state index in [1.165, 1.54) is 11.1 Å². The molecule has 1 N–H and O–H groups in total. The molecule has 24 heavy (non-hydrogen) atoms. The van der Waals surface area contributed by atoms with Crippen molar-refractivity contribution < 1.29 is 4.74 Å². The fourth-order valence-electron chi connectivity index (χ4n) is 3.25. The second kappa shape index (κ2) is 8.67. The lowest BCUT2D eigenvalue weighted by molar-refractivity contribution is 0.169. The van der Waals surface area contributed by atoms with E-state index < -0.39 is 0 Å².